The highest BCUT2D eigenvalue weighted by molar-refractivity contribution is 6.39. The molecule has 0 bridgehead atoms. The molecular formula is C20H14Cl3FN4. The average molecular weight is 436 g/mol. The van der Waals surface area contributed by atoms with E-state index < -0.39 is 5.82 Å². The van der Waals surface area contributed by atoms with Crippen molar-refractivity contribution in [2.24, 2.45) is 0 Å². The molecule has 0 aliphatic rings. The smallest absolute Gasteiger partial charge is 0.205 e. The monoisotopic (exact) mass is 434 g/mol. The number of halogens is 4. The Morgan fingerprint density at radius 2 is 1.71 bits per heavy atom. The van der Waals surface area contributed by atoms with Gasteiger partial charge in [-0.2, -0.15) is 0 Å². The molecule has 0 amide bonds. The predicted molar refractivity (Wildman–Crippen MR) is 115 cm³/mol. The topological polar surface area (TPSA) is 52.7 Å². The first-order valence-electron chi connectivity index (χ1n) is 8.38. The number of H-pyrrole nitrogens is 1. The molecule has 0 saturated carbocycles. The van der Waals surface area contributed by atoms with Crippen molar-refractivity contribution in [2.75, 3.05) is 10.6 Å². The highest BCUT2D eigenvalue weighted by Crippen LogP contribution is 2.32. The van der Waals surface area contributed by atoms with Gasteiger partial charge >= 0.3 is 0 Å². The van der Waals surface area contributed by atoms with Gasteiger partial charge in [-0.15, -0.1) is 0 Å². The SMILES string of the molecule is Fc1ccc(NCc2ccc3nc(Nc4c(Cl)cccc4Cl)[nH]c3c2)cc1Cl. The number of benzene rings is 3. The number of para-hydroxylation sites is 1. The van der Waals surface area contributed by atoms with Crippen molar-refractivity contribution in [3.63, 3.8) is 0 Å². The van der Waals surface area contributed by atoms with E-state index in [0.29, 0.717) is 28.2 Å². The van der Waals surface area contributed by atoms with Gasteiger partial charge in [0.15, 0.2) is 0 Å². The molecule has 0 unspecified atom stereocenters. The Labute approximate surface area is 175 Å². The summed E-state index contributed by atoms with van der Waals surface area (Å²) in [5.41, 5.74) is 4.03. The Kier molecular flexibility index (Phi) is 5.31. The zero-order valence-electron chi connectivity index (χ0n) is 14.4. The van der Waals surface area contributed by atoms with Crippen molar-refractivity contribution in [2.45, 2.75) is 6.54 Å². The van der Waals surface area contributed by atoms with Crippen LogP contribution in [-0.4, -0.2) is 9.97 Å². The Hall–Kier alpha value is -2.47. The van der Waals surface area contributed by atoms with Crippen LogP contribution in [0.2, 0.25) is 15.1 Å². The number of hydrogen-bond donors (Lipinski definition) is 3. The molecule has 0 radical (unpaired) electrons. The van der Waals surface area contributed by atoms with E-state index in [0.717, 1.165) is 22.3 Å². The van der Waals surface area contributed by atoms with Gasteiger partial charge in [-0.1, -0.05) is 46.9 Å². The van der Waals surface area contributed by atoms with Crippen LogP contribution in [0, 0.1) is 5.82 Å². The highest BCUT2D eigenvalue weighted by atomic mass is 35.5. The van der Waals surface area contributed by atoms with Crippen LogP contribution in [-0.2, 0) is 6.54 Å². The Balaban J connectivity index is 1.52. The molecule has 0 aliphatic carbocycles. The Morgan fingerprint density at radius 3 is 2.46 bits per heavy atom. The minimum absolute atomic E-state index is 0.0861. The number of aromatic amines is 1. The largest absolute Gasteiger partial charge is 0.381 e. The molecule has 0 saturated heterocycles. The van der Waals surface area contributed by atoms with E-state index in [4.69, 9.17) is 34.8 Å². The lowest BCUT2D eigenvalue weighted by Gasteiger charge is -2.07. The summed E-state index contributed by atoms with van der Waals surface area (Å²) in [4.78, 5) is 7.72. The molecule has 8 heteroatoms. The number of nitrogens with zero attached hydrogens (tertiary/aromatic N) is 1. The van der Waals surface area contributed by atoms with Crippen LogP contribution >= 0.6 is 34.8 Å². The Morgan fingerprint density at radius 1 is 0.929 bits per heavy atom. The first-order chi connectivity index (χ1) is 13.5. The molecule has 1 heterocycles. The standard InChI is InChI=1S/C20H14Cl3FN4/c21-13-2-1-3-14(22)19(13)28-20-26-17-7-4-11(8-18(17)27-20)10-25-12-5-6-16(24)15(23)9-12/h1-9,25H,10H2,(H2,26,27,28). The molecule has 0 atom stereocenters. The quantitative estimate of drug-likeness (QED) is 0.316. The zero-order valence-corrected chi connectivity index (χ0v) is 16.6. The fourth-order valence-corrected chi connectivity index (χ4v) is 3.44. The summed E-state index contributed by atoms with van der Waals surface area (Å²) in [6.45, 7) is 0.552. The zero-order chi connectivity index (χ0) is 19.7. The lowest BCUT2D eigenvalue weighted by molar-refractivity contribution is 0.628. The van der Waals surface area contributed by atoms with E-state index in [-0.39, 0.29) is 5.02 Å². The minimum atomic E-state index is -0.440. The van der Waals surface area contributed by atoms with Crippen LogP contribution in [0.5, 0.6) is 0 Å². The molecule has 3 N–H and O–H groups in total. The highest BCUT2D eigenvalue weighted by Gasteiger charge is 2.09. The number of nitrogens with one attached hydrogen (secondary N) is 3. The normalized spacial score (nSPS) is 11.0. The minimum Gasteiger partial charge on any atom is -0.381 e. The molecule has 1 aromatic heterocycles. The van der Waals surface area contributed by atoms with E-state index in [2.05, 4.69) is 20.6 Å². The first kappa shape index (κ1) is 18.9. The van der Waals surface area contributed by atoms with E-state index in [1.165, 1.54) is 6.07 Å². The summed E-state index contributed by atoms with van der Waals surface area (Å²) in [7, 11) is 0. The second kappa shape index (κ2) is 7.87. The average Bonchev–Trinajstić information content (AvgIpc) is 3.07. The van der Waals surface area contributed by atoms with Crippen molar-refractivity contribution in [1.29, 1.82) is 0 Å². The molecule has 3 aromatic carbocycles. The fraction of sp³-hybridized carbons (Fsp3) is 0.0500. The van der Waals surface area contributed by atoms with Gasteiger partial charge < -0.3 is 15.6 Å². The number of rotatable bonds is 5. The second-order valence-electron chi connectivity index (χ2n) is 6.14. The molecule has 4 aromatic rings. The maximum atomic E-state index is 13.3. The van der Waals surface area contributed by atoms with Crippen LogP contribution in [0.4, 0.5) is 21.7 Å². The van der Waals surface area contributed by atoms with Crippen molar-refractivity contribution < 1.29 is 4.39 Å². The fourth-order valence-electron chi connectivity index (χ4n) is 2.77. The van der Waals surface area contributed by atoms with Gasteiger partial charge in [0, 0.05) is 12.2 Å². The van der Waals surface area contributed by atoms with Gasteiger partial charge in [-0.25, -0.2) is 9.37 Å². The third kappa shape index (κ3) is 4.02. The lowest BCUT2D eigenvalue weighted by atomic mass is 10.2. The van der Waals surface area contributed by atoms with Gasteiger partial charge in [-0.05, 0) is 48.0 Å². The summed E-state index contributed by atoms with van der Waals surface area (Å²) < 4.78 is 13.3. The summed E-state index contributed by atoms with van der Waals surface area (Å²) in [6.07, 6.45) is 0. The number of hydrogen-bond acceptors (Lipinski definition) is 3. The van der Waals surface area contributed by atoms with Crippen molar-refractivity contribution in [3.8, 4) is 0 Å². The van der Waals surface area contributed by atoms with Gasteiger partial charge in [0.1, 0.15) is 5.82 Å². The lowest BCUT2D eigenvalue weighted by Crippen LogP contribution is -1.99. The maximum Gasteiger partial charge on any atom is 0.205 e. The number of anilines is 3. The van der Waals surface area contributed by atoms with Crippen LogP contribution in [0.3, 0.4) is 0 Å². The predicted octanol–water partition coefficient (Wildman–Crippen LogP) is 7.02. The number of aromatic nitrogens is 2. The third-order valence-electron chi connectivity index (χ3n) is 4.17. The summed E-state index contributed by atoms with van der Waals surface area (Å²) in [5, 5.41) is 7.45. The molecule has 0 fully saturated rings. The van der Waals surface area contributed by atoms with Crippen molar-refractivity contribution in [3.05, 3.63) is 81.0 Å². The van der Waals surface area contributed by atoms with Gasteiger partial charge in [0.2, 0.25) is 5.95 Å². The molecule has 0 aliphatic heterocycles. The molecule has 4 rings (SSSR count). The van der Waals surface area contributed by atoms with Crippen LogP contribution in [0.25, 0.3) is 11.0 Å². The summed E-state index contributed by atoms with van der Waals surface area (Å²) >= 11 is 18.2. The maximum absolute atomic E-state index is 13.3. The van der Waals surface area contributed by atoms with Crippen molar-refractivity contribution in [1.82, 2.24) is 9.97 Å². The third-order valence-corrected chi connectivity index (χ3v) is 5.09. The summed E-state index contributed by atoms with van der Waals surface area (Å²) in [5.74, 6) is 0.102. The van der Waals surface area contributed by atoms with Crippen molar-refractivity contribution >= 4 is 63.2 Å². The molecule has 142 valence electrons. The van der Waals surface area contributed by atoms with E-state index in [9.17, 15) is 4.39 Å². The molecule has 28 heavy (non-hydrogen) atoms. The summed E-state index contributed by atoms with van der Waals surface area (Å²) in [6, 6.07) is 15.7. The van der Waals surface area contributed by atoms with Crippen LogP contribution in [0.15, 0.2) is 54.6 Å². The molecular weight excluding hydrogens is 422 g/mol. The van der Waals surface area contributed by atoms with Gasteiger partial charge in [0.05, 0.1) is 31.8 Å². The van der Waals surface area contributed by atoms with Crippen LogP contribution < -0.4 is 10.6 Å². The molecule has 0 spiro atoms. The Bertz CT molecular complexity index is 1140. The number of imidazole rings is 1. The molecule has 4 nitrogen and oxygen atoms in total. The van der Waals surface area contributed by atoms with E-state index in [1.807, 2.05) is 18.2 Å². The van der Waals surface area contributed by atoms with E-state index >= 15 is 0 Å². The number of fused-ring (bicyclic) bond motifs is 1. The second-order valence-corrected chi connectivity index (χ2v) is 7.36. The van der Waals surface area contributed by atoms with Crippen LogP contribution in [0.1, 0.15) is 5.56 Å². The van der Waals surface area contributed by atoms with E-state index in [1.54, 1.807) is 30.3 Å². The van der Waals surface area contributed by atoms with Gasteiger partial charge in [0.25, 0.3) is 0 Å². The van der Waals surface area contributed by atoms with Gasteiger partial charge in [-0.3, -0.25) is 0 Å². The first-order valence-corrected chi connectivity index (χ1v) is 9.51.